The maximum Gasteiger partial charge on any atom is 0.352 e. The van der Waals surface area contributed by atoms with Crippen LogP contribution in [0.5, 0.6) is 0 Å². The first-order valence-electron chi connectivity index (χ1n) is 11.9. The highest BCUT2D eigenvalue weighted by molar-refractivity contribution is 6.31. The number of hydrogen-bond donors (Lipinski definition) is 5. The molecule has 1 atom stereocenters. The molecule has 0 radical (unpaired) electrons. The number of amides is 2. The lowest BCUT2D eigenvalue weighted by atomic mass is 10.0. The van der Waals surface area contributed by atoms with Crippen LogP contribution in [0.1, 0.15) is 26.5 Å². The van der Waals surface area contributed by atoms with Gasteiger partial charge in [0.2, 0.25) is 5.91 Å². The molecule has 9 nitrogen and oxygen atoms in total. The van der Waals surface area contributed by atoms with E-state index in [2.05, 4.69) is 25.8 Å². The fourth-order valence-corrected chi connectivity index (χ4v) is 4.35. The van der Waals surface area contributed by atoms with Crippen LogP contribution in [0.15, 0.2) is 72.8 Å². The summed E-state index contributed by atoms with van der Waals surface area (Å²) in [6.07, 6.45) is -0.0468. The van der Waals surface area contributed by atoms with Gasteiger partial charge in [-0.05, 0) is 60.2 Å². The van der Waals surface area contributed by atoms with Gasteiger partial charge in [-0.3, -0.25) is 14.7 Å². The third kappa shape index (κ3) is 5.69. The van der Waals surface area contributed by atoms with Crippen molar-refractivity contribution in [3.8, 4) is 11.3 Å². The number of aromatic carboxylic acids is 1. The number of carboxylic acid groups (broad SMARTS) is 1. The molecule has 0 aliphatic carbocycles. The van der Waals surface area contributed by atoms with Gasteiger partial charge in [-0.2, -0.15) is 5.10 Å². The number of hydrogen-bond acceptors (Lipinski definition) is 4. The Hall–Kier alpha value is -5.03. The Labute approximate surface area is 230 Å². The van der Waals surface area contributed by atoms with E-state index >= 15 is 0 Å². The lowest BCUT2D eigenvalue weighted by molar-refractivity contribution is -0.118. The van der Waals surface area contributed by atoms with E-state index in [1.165, 1.54) is 42.5 Å². The van der Waals surface area contributed by atoms with Gasteiger partial charge in [-0.25, -0.2) is 13.6 Å². The molecule has 40 heavy (non-hydrogen) atoms. The number of nitrogens with one attached hydrogen (secondary N) is 4. The van der Waals surface area contributed by atoms with Crippen LogP contribution in [0.3, 0.4) is 0 Å². The van der Waals surface area contributed by atoms with Crippen molar-refractivity contribution >= 4 is 46.0 Å². The molecule has 0 saturated heterocycles. The van der Waals surface area contributed by atoms with Gasteiger partial charge >= 0.3 is 5.97 Å². The molecule has 1 unspecified atom stereocenters. The van der Waals surface area contributed by atoms with Crippen molar-refractivity contribution in [3.05, 3.63) is 106 Å². The molecule has 5 rings (SSSR count). The molecule has 5 aromatic rings. The van der Waals surface area contributed by atoms with Crippen LogP contribution in [0.25, 0.3) is 22.2 Å². The quantitative estimate of drug-likeness (QED) is 0.177. The zero-order valence-electron chi connectivity index (χ0n) is 20.5. The van der Waals surface area contributed by atoms with E-state index < -0.39 is 35.5 Å². The number of halogens is 3. The molecule has 2 aromatic heterocycles. The minimum absolute atomic E-state index is 0.00805. The maximum absolute atomic E-state index is 14.4. The van der Waals surface area contributed by atoms with Crippen molar-refractivity contribution in [2.45, 2.75) is 12.5 Å². The van der Waals surface area contributed by atoms with Gasteiger partial charge < -0.3 is 20.7 Å². The summed E-state index contributed by atoms with van der Waals surface area (Å²) in [5.74, 6) is -3.63. The molecule has 2 heterocycles. The van der Waals surface area contributed by atoms with E-state index in [1.54, 1.807) is 30.3 Å². The highest BCUT2D eigenvalue weighted by atomic mass is 35.5. The number of nitrogens with zero attached hydrogens (tertiary/aromatic N) is 1. The van der Waals surface area contributed by atoms with Crippen LogP contribution >= 0.6 is 11.6 Å². The zero-order chi connectivity index (χ0) is 28.4. The number of H-pyrrole nitrogens is 2. The molecule has 0 spiro atoms. The molecule has 2 amide bonds. The first-order chi connectivity index (χ1) is 19.2. The van der Waals surface area contributed by atoms with Gasteiger partial charge in [-0.1, -0.05) is 29.8 Å². The molecule has 0 fully saturated rings. The second-order valence-corrected chi connectivity index (χ2v) is 9.31. The Morgan fingerprint density at radius 2 is 1.77 bits per heavy atom. The van der Waals surface area contributed by atoms with E-state index in [0.29, 0.717) is 22.2 Å². The van der Waals surface area contributed by atoms with Gasteiger partial charge in [0.15, 0.2) is 5.82 Å². The van der Waals surface area contributed by atoms with Crippen LogP contribution < -0.4 is 10.6 Å². The number of carbonyl (C=O) groups is 3. The topological polar surface area (TPSA) is 140 Å². The van der Waals surface area contributed by atoms with Gasteiger partial charge in [0.05, 0.1) is 10.7 Å². The van der Waals surface area contributed by atoms with Crippen molar-refractivity contribution < 1.29 is 28.3 Å². The molecule has 202 valence electrons. The summed E-state index contributed by atoms with van der Waals surface area (Å²) in [7, 11) is 0. The number of carbonyl (C=O) groups excluding carboxylic acids is 2. The van der Waals surface area contributed by atoms with Crippen molar-refractivity contribution in [3.63, 3.8) is 0 Å². The van der Waals surface area contributed by atoms with Crippen LogP contribution in [0.4, 0.5) is 14.5 Å². The van der Waals surface area contributed by atoms with Crippen molar-refractivity contribution in [1.29, 1.82) is 0 Å². The molecule has 5 N–H and O–H groups in total. The number of aromatic nitrogens is 3. The van der Waals surface area contributed by atoms with Gasteiger partial charge in [0.25, 0.3) is 5.91 Å². The number of benzene rings is 3. The monoisotopic (exact) mass is 563 g/mol. The number of carboxylic acids is 1. The van der Waals surface area contributed by atoms with Crippen LogP contribution in [-0.4, -0.2) is 44.1 Å². The lowest BCUT2D eigenvalue weighted by Gasteiger charge is -2.18. The Morgan fingerprint density at radius 1 is 0.975 bits per heavy atom. The molecule has 0 saturated carbocycles. The highest BCUT2D eigenvalue weighted by Gasteiger charge is 2.24. The molecular weight excluding hydrogens is 544 g/mol. The Bertz CT molecular complexity index is 1770. The minimum atomic E-state index is -1.15. The molecule has 0 aliphatic heterocycles. The summed E-state index contributed by atoms with van der Waals surface area (Å²) < 4.78 is 28.3. The molecular formula is C28H20ClF2N5O4. The van der Waals surface area contributed by atoms with Crippen molar-refractivity contribution in [2.24, 2.45) is 0 Å². The molecule has 0 bridgehead atoms. The van der Waals surface area contributed by atoms with E-state index in [9.17, 15) is 28.3 Å². The fourth-order valence-electron chi connectivity index (χ4n) is 4.18. The number of aromatic amines is 2. The SMILES string of the molecule is O=C(O)c1cc2cc(NC(=O)C(Cc3cccc(F)c3)NC(=O)c3cc(-c4cccc(Cl)c4F)n[nH]3)ccc2[nH]1. The standard InChI is InChI=1S/C28H20ClF2N5O4/c29-19-6-2-5-18(25(19)31)21-13-23(36-35-21)27(38)34-22(10-14-3-1-4-16(30)9-14)26(37)32-17-7-8-20-15(11-17)12-24(33-20)28(39)40/h1-9,11-13,22,33H,10H2,(H,32,37)(H,34,38)(H,35,36)(H,39,40). The molecule has 3 aromatic carbocycles. The van der Waals surface area contributed by atoms with E-state index in [-0.39, 0.29) is 34.1 Å². The van der Waals surface area contributed by atoms with Crippen molar-refractivity contribution in [2.75, 3.05) is 5.32 Å². The van der Waals surface area contributed by atoms with Crippen molar-refractivity contribution in [1.82, 2.24) is 20.5 Å². The normalized spacial score (nSPS) is 11.8. The fraction of sp³-hybridized carbons (Fsp3) is 0.0714. The maximum atomic E-state index is 14.4. The number of anilines is 1. The van der Waals surface area contributed by atoms with Gasteiger partial charge in [0, 0.05) is 28.6 Å². The summed E-state index contributed by atoms with van der Waals surface area (Å²) in [6, 6.07) is 16.4. The Balaban J connectivity index is 1.38. The second-order valence-electron chi connectivity index (χ2n) is 8.91. The predicted octanol–water partition coefficient (Wildman–Crippen LogP) is 5.17. The highest BCUT2D eigenvalue weighted by Crippen LogP contribution is 2.26. The van der Waals surface area contributed by atoms with Gasteiger partial charge in [0.1, 0.15) is 23.2 Å². The molecule has 12 heteroatoms. The Morgan fingerprint density at radius 3 is 2.55 bits per heavy atom. The Kier molecular flexibility index (Phi) is 7.30. The zero-order valence-corrected chi connectivity index (χ0v) is 21.2. The first kappa shape index (κ1) is 26.6. The smallest absolute Gasteiger partial charge is 0.352 e. The predicted molar refractivity (Wildman–Crippen MR) is 144 cm³/mol. The first-order valence-corrected chi connectivity index (χ1v) is 12.3. The summed E-state index contributed by atoms with van der Waals surface area (Å²) in [5.41, 5.74) is 1.55. The van der Waals surface area contributed by atoms with Crippen LogP contribution in [-0.2, 0) is 11.2 Å². The average Bonchev–Trinajstić information content (AvgIpc) is 3.57. The van der Waals surface area contributed by atoms with Crippen LogP contribution in [0, 0.1) is 11.6 Å². The lowest BCUT2D eigenvalue weighted by Crippen LogP contribution is -2.45. The molecule has 0 aliphatic rings. The minimum Gasteiger partial charge on any atom is -0.477 e. The summed E-state index contributed by atoms with van der Waals surface area (Å²) in [6.45, 7) is 0. The number of fused-ring (bicyclic) bond motifs is 1. The van der Waals surface area contributed by atoms with E-state index in [1.807, 2.05) is 0 Å². The van der Waals surface area contributed by atoms with E-state index in [4.69, 9.17) is 11.6 Å². The summed E-state index contributed by atoms with van der Waals surface area (Å²) in [5, 5.41) is 21.5. The third-order valence-electron chi connectivity index (χ3n) is 6.12. The summed E-state index contributed by atoms with van der Waals surface area (Å²) >= 11 is 5.85. The second kappa shape index (κ2) is 11.0. The number of rotatable bonds is 8. The summed E-state index contributed by atoms with van der Waals surface area (Å²) in [4.78, 5) is 40.4. The van der Waals surface area contributed by atoms with E-state index in [0.717, 1.165) is 0 Å². The third-order valence-corrected chi connectivity index (χ3v) is 6.41. The van der Waals surface area contributed by atoms with Crippen LogP contribution in [0.2, 0.25) is 5.02 Å². The van der Waals surface area contributed by atoms with Gasteiger partial charge in [-0.15, -0.1) is 0 Å². The average molecular weight is 564 g/mol. The largest absolute Gasteiger partial charge is 0.477 e.